The average molecular weight is 301 g/mol. The Hall–Kier alpha value is -2.91. The lowest BCUT2D eigenvalue weighted by molar-refractivity contribution is -0.0999. The second-order valence-electron chi connectivity index (χ2n) is 5.61. The van der Waals surface area contributed by atoms with E-state index in [1.54, 1.807) is 6.07 Å². The average Bonchev–Trinajstić information content (AvgIpc) is 2.86. The Labute approximate surface area is 134 Å². The molecule has 0 unspecified atom stereocenters. The van der Waals surface area contributed by atoms with Crippen LogP contribution in [0.1, 0.15) is 27.0 Å². The van der Waals surface area contributed by atoms with Crippen molar-refractivity contribution in [3.05, 3.63) is 107 Å². The summed E-state index contributed by atoms with van der Waals surface area (Å²) in [6.45, 7) is 0. The highest BCUT2D eigenvalue weighted by Gasteiger charge is 2.52. The fraction of sp³-hybridized carbons (Fsp3) is 0.0500. The first-order valence-electron chi connectivity index (χ1n) is 7.50. The molecule has 0 fully saturated rings. The summed E-state index contributed by atoms with van der Waals surface area (Å²) in [5.41, 5.74) is 2.02. The Morgan fingerprint density at radius 2 is 1.17 bits per heavy atom. The van der Waals surface area contributed by atoms with Crippen molar-refractivity contribution in [2.75, 3.05) is 0 Å². The van der Waals surface area contributed by atoms with Crippen LogP contribution in [0.2, 0.25) is 0 Å². The van der Waals surface area contributed by atoms with Crippen molar-refractivity contribution in [2.24, 2.45) is 0 Å². The molecule has 3 nitrogen and oxygen atoms in total. The highest BCUT2D eigenvalue weighted by Crippen LogP contribution is 2.47. The van der Waals surface area contributed by atoms with Crippen molar-refractivity contribution in [1.29, 1.82) is 0 Å². The van der Waals surface area contributed by atoms with E-state index < -0.39 is 5.54 Å². The van der Waals surface area contributed by atoms with Crippen molar-refractivity contribution in [3.8, 4) is 0 Å². The van der Waals surface area contributed by atoms with E-state index >= 15 is 0 Å². The summed E-state index contributed by atoms with van der Waals surface area (Å²) in [5.74, 6) is -0.381. The quantitative estimate of drug-likeness (QED) is 0.731. The third-order valence-corrected chi connectivity index (χ3v) is 4.44. The van der Waals surface area contributed by atoms with Gasteiger partial charge in [0, 0.05) is 11.1 Å². The number of benzene rings is 3. The maximum absolute atomic E-state index is 12.6. The summed E-state index contributed by atoms with van der Waals surface area (Å²) in [4.78, 5) is 12.6. The largest absolute Gasteiger partial charge is 0.284 e. The van der Waals surface area contributed by atoms with Gasteiger partial charge in [0.2, 0.25) is 0 Å². The van der Waals surface area contributed by atoms with Gasteiger partial charge < -0.3 is 0 Å². The number of hydroxylamine groups is 2. The second-order valence-corrected chi connectivity index (χ2v) is 5.61. The van der Waals surface area contributed by atoms with Gasteiger partial charge in [-0.15, -0.1) is 0 Å². The van der Waals surface area contributed by atoms with E-state index in [1.165, 1.54) is 0 Å². The standard InChI is InChI=1S/C20H15NO2/c22-19-17-13-7-8-14-18(17)20(21(19)23,15-9-3-1-4-10-15)16-11-5-2-6-12-16/h1-14,23H. The number of carbonyl (C=O) groups excluding carboxylic acids is 1. The lowest BCUT2D eigenvalue weighted by Crippen LogP contribution is -2.43. The fourth-order valence-electron chi connectivity index (χ4n) is 3.45. The maximum atomic E-state index is 12.6. The lowest BCUT2D eigenvalue weighted by atomic mass is 9.78. The van der Waals surface area contributed by atoms with E-state index in [0.717, 1.165) is 21.8 Å². The van der Waals surface area contributed by atoms with Gasteiger partial charge in [0.05, 0.1) is 0 Å². The summed E-state index contributed by atoms with van der Waals surface area (Å²) in [6, 6.07) is 26.6. The van der Waals surface area contributed by atoms with E-state index in [2.05, 4.69) is 0 Å². The van der Waals surface area contributed by atoms with Gasteiger partial charge in [0.15, 0.2) is 0 Å². The number of fused-ring (bicyclic) bond motifs is 1. The van der Waals surface area contributed by atoms with Crippen molar-refractivity contribution in [3.63, 3.8) is 0 Å². The van der Waals surface area contributed by atoms with Gasteiger partial charge in [-0.3, -0.25) is 10.0 Å². The summed E-state index contributed by atoms with van der Waals surface area (Å²) in [7, 11) is 0. The van der Waals surface area contributed by atoms with Crippen LogP contribution in [-0.4, -0.2) is 16.2 Å². The van der Waals surface area contributed by atoms with Crippen LogP contribution in [-0.2, 0) is 5.54 Å². The number of hydrogen-bond acceptors (Lipinski definition) is 2. The fourth-order valence-corrected chi connectivity index (χ4v) is 3.45. The number of hydrogen-bond donors (Lipinski definition) is 1. The summed E-state index contributed by atoms with van der Waals surface area (Å²) >= 11 is 0. The molecule has 4 rings (SSSR count). The molecular formula is C20H15NO2. The van der Waals surface area contributed by atoms with Crippen molar-refractivity contribution in [1.82, 2.24) is 5.06 Å². The minimum atomic E-state index is -1.02. The molecule has 0 aliphatic carbocycles. The van der Waals surface area contributed by atoms with Crippen LogP contribution in [0.5, 0.6) is 0 Å². The first-order chi connectivity index (χ1) is 11.3. The molecular weight excluding hydrogens is 286 g/mol. The minimum Gasteiger partial charge on any atom is -0.284 e. The van der Waals surface area contributed by atoms with E-state index in [0.29, 0.717) is 5.56 Å². The molecule has 1 N–H and O–H groups in total. The van der Waals surface area contributed by atoms with Crippen LogP contribution in [0.3, 0.4) is 0 Å². The summed E-state index contributed by atoms with van der Waals surface area (Å²) in [6.07, 6.45) is 0. The van der Waals surface area contributed by atoms with Crippen LogP contribution >= 0.6 is 0 Å². The molecule has 0 spiro atoms. The smallest absolute Gasteiger partial charge is 0.279 e. The molecule has 0 saturated carbocycles. The monoisotopic (exact) mass is 301 g/mol. The van der Waals surface area contributed by atoms with Crippen LogP contribution in [0.25, 0.3) is 0 Å². The highest BCUT2D eigenvalue weighted by molar-refractivity contribution is 6.00. The van der Waals surface area contributed by atoms with Crippen LogP contribution in [0, 0.1) is 0 Å². The minimum absolute atomic E-state index is 0.381. The topological polar surface area (TPSA) is 40.5 Å². The van der Waals surface area contributed by atoms with Crippen LogP contribution in [0.15, 0.2) is 84.9 Å². The first-order valence-corrected chi connectivity index (χ1v) is 7.50. The van der Waals surface area contributed by atoms with E-state index in [1.807, 2.05) is 78.9 Å². The van der Waals surface area contributed by atoms with Gasteiger partial charge in [0.1, 0.15) is 5.54 Å². The Morgan fingerprint density at radius 1 is 0.696 bits per heavy atom. The Morgan fingerprint density at radius 3 is 1.74 bits per heavy atom. The molecule has 0 bridgehead atoms. The predicted octanol–water partition coefficient (Wildman–Crippen LogP) is 3.82. The van der Waals surface area contributed by atoms with E-state index in [-0.39, 0.29) is 5.91 Å². The molecule has 3 heteroatoms. The lowest BCUT2D eigenvalue weighted by Gasteiger charge is -2.36. The van der Waals surface area contributed by atoms with Gasteiger partial charge in [-0.05, 0) is 17.2 Å². The van der Waals surface area contributed by atoms with Gasteiger partial charge in [-0.2, -0.15) is 0 Å². The zero-order valence-corrected chi connectivity index (χ0v) is 12.4. The molecule has 3 aromatic rings. The number of nitrogens with zero attached hydrogens (tertiary/aromatic N) is 1. The Kier molecular flexibility index (Phi) is 3.03. The summed E-state index contributed by atoms with van der Waals surface area (Å²) < 4.78 is 0. The second kappa shape index (κ2) is 5.07. The third-order valence-electron chi connectivity index (χ3n) is 4.44. The van der Waals surface area contributed by atoms with Gasteiger partial charge >= 0.3 is 0 Å². The Bertz CT molecular complexity index is 820. The molecule has 3 aromatic carbocycles. The molecule has 0 saturated heterocycles. The van der Waals surface area contributed by atoms with Gasteiger partial charge in [0.25, 0.3) is 5.91 Å². The predicted molar refractivity (Wildman–Crippen MR) is 87.2 cm³/mol. The number of rotatable bonds is 2. The van der Waals surface area contributed by atoms with Crippen molar-refractivity contribution >= 4 is 5.91 Å². The molecule has 1 heterocycles. The van der Waals surface area contributed by atoms with E-state index in [4.69, 9.17) is 0 Å². The van der Waals surface area contributed by atoms with Crippen LogP contribution < -0.4 is 0 Å². The molecule has 23 heavy (non-hydrogen) atoms. The normalized spacial score (nSPS) is 15.5. The van der Waals surface area contributed by atoms with E-state index in [9.17, 15) is 10.0 Å². The summed E-state index contributed by atoms with van der Waals surface area (Å²) in [5, 5.41) is 11.7. The van der Waals surface area contributed by atoms with Crippen molar-refractivity contribution < 1.29 is 10.0 Å². The molecule has 0 atom stereocenters. The first kappa shape index (κ1) is 13.7. The molecule has 112 valence electrons. The zero-order valence-electron chi connectivity index (χ0n) is 12.4. The van der Waals surface area contributed by atoms with Gasteiger partial charge in [-0.1, -0.05) is 78.9 Å². The van der Waals surface area contributed by atoms with Crippen LogP contribution in [0.4, 0.5) is 0 Å². The maximum Gasteiger partial charge on any atom is 0.279 e. The molecule has 1 aliphatic heterocycles. The molecule has 1 amide bonds. The van der Waals surface area contributed by atoms with Gasteiger partial charge in [-0.25, -0.2) is 5.06 Å². The molecule has 1 aliphatic rings. The number of amides is 1. The molecule has 0 aromatic heterocycles. The molecule has 0 radical (unpaired) electrons. The van der Waals surface area contributed by atoms with Crippen molar-refractivity contribution in [2.45, 2.75) is 5.54 Å². The highest BCUT2D eigenvalue weighted by atomic mass is 16.5. The Balaban J connectivity index is 2.12. The SMILES string of the molecule is O=C1c2ccccc2C(c2ccccc2)(c2ccccc2)N1O. The number of carbonyl (C=O) groups is 1. The third kappa shape index (κ3) is 1.77. The zero-order chi connectivity index (χ0) is 15.9.